The molecule has 0 amide bonds. The SMILES string of the molecule is [13CH3]S(=O)c1ccc(OCCCC(F)(F)C(F)(F)C(F)(F)C(F)(F)C(F)(F)C(F)(F)C(F)(F)C(F)(F)F)cc1. The first-order valence-corrected chi connectivity index (χ1v) is 11.0. The van der Waals surface area contributed by atoms with E-state index in [9.17, 15) is 78.8 Å². The van der Waals surface area contributed by atoms with Gasteiger partial charge in [-0.3, -0.25) is 4.21 Å². The van der Waals surface area contributed by atoms with Crippen molar-refractivity contribution in [2.75, 3.05) is 12.9 Å². The number of hydrogen-bond donors (Lipinski definition) is 0. The fourth-order valence-corrected chi connectivity index (χ4v) is 3.08. The molecule has 20 heteroatoms. The molecule has 0 aliphatic heterocycles. The number of benzene rings is 1. The molecular weight excluding hydrogens is 604 g/mol. The molecule has 0 radical (unpaired) electrons. The van der Waals surface area contributed by atoms with E-state index in [2.05, 4.69) is 0 Å². The Morgan fingerprint density at radius 1 is 0.605 bits per heavy atom. The average Bonchev–Trinajstić information content (AvgIpc) is 2.75. The van der Waals surface area contributed by atoms with Gasteiger partial charge in [-0.25, -0.2) is 0 Å². The zero-order valence-corrected chi connectivity index (χ0v) is 18.9. The van der Waals surface area contributed by atoms with E-state index in [0.29, 0.717) is 0 Å². The molecule has 0 N–H and O–H groups in total. The van der Waals surface area contributed by atoms with Gasteiger partial charge in [0.15, 0.2) is 0 Å². The Kier molecular flexibility index (Phi) is 9.11. The van der Waals surface area contributed by atoms with Crippen LogP contribution >= 0.6 is 0 Å². The summed E-state index contributed by atoms with van der Waals surface area (Å²) in [4.78, 5) is 0.238. The van der Waals surface area contributed by atoms with E-state index in [1.54, 1.807) is 0 Å². The van der Waals surface area contributed by atoms with E-state index >= 15 is 0 Å². The molecule has 0 fully saturated rings. The molecule has 1 aromatic carbocycles. The van der Waals surface area contributed by atoms with Crippen LogP contribution in [0.2, 0.25) is 0 Å². The van der Waals surface area contributed by atoms with Crippen molar-refractivity contribution < 1.29 is 83.6 Å². The zero-order chi connectivity index (χ0) is 30.4. The molecule has 0 aliphatic carbocycles. The first kappa shape index (κ1) is 34.0. The van der Waals surface area contributed by atoms with Crippen LogP contribution in [0.4, 0.5) is 74.6 Å². The lowest BCUT2D eigenvalue weighted by Crippen LogP contribution is -2.74. The Morgan fingerprint density at radius 2 is 0.974 bits per heavy atom. The van der Waals surface area contributed by atoms with Gasteiger partial charge in [0.25, 0.3) is 0 Å². The Labute approximate surface area is 203 Å². The third-order valence-corrected chi connectivity index (χ3v) is 5.78. The minimum absolute atomic E-state index is 0.196. The lowest BCUT2D eigenvalue weighted by molar-refractivity contribution is -0.461. The summed E-state index contributed by atoms with van der Waals surface area (Å²) in [6.45, 7) is -1.05. The molecule has 1 aromatic rings. The van der Waals surface area contributed by atoms with Crippen molar-refractivity contribution >= 4 is 10.8 Å². The van der Waals surface area contributed by atoms with Crippen LogP contribution in [0.3, 0.4) is 0 Å². The standard InChI is InChI=1S/C18H13F17O2S/c1-38(36)10-5-3-9(4-6-10)37-8-2-7-11(19,20)12(21,22)13(23,24)14(25,26)15(27,28)16(29,30)17(31,32)18(33,34)35/h3-6H,2,7-8H2,1H3/i1+1. The summed E-state index contributed by atoms with van der Waals surface area (Å²) in [5.74, 6) is -56.5. The fraction of sp³-hybridized carbons (Fsp3) is 0.667. The highest BCUT2D eigenvalue weighted by atomic mass is 32.2. The van der Waals surface area contributed by atoms with Crippen molar-refractivity contribution in [1.29, 1.82) is 0 Å². The van der Waals surface area contributed by atoms with E-state index in [-0.39, 0.29) is 10.6 Å². The van der Waals surface area contributed by atoms with Crippen LogP contribution in [0.5, 0.6) is 5.75 Å². The van der Waals surface area contributed by atoms with Crippen LogP contribution in [0.25, 0.3) is 0 Å². The fourth-order valence-electron chi connectivity index (χ4n) is 2.57. The summed E-state index contributed by atoms with van der Waals surface area (Å²) in [5.41, 5.74) is 0. The molecule has 1 rings (SSSR count). The quantitative estimate of drug-likeness (QED) is 0.137. The summed E-state index contributed by atoms with van der Waals surface area (Å²) < 4.78 is 240. The van der Waals surface area contributed by atoms with Crippen LogP contribution in [-0.4, -0.2) is 64.7 Å². The first-order valence-electron chi connectivity index (χ1n) is 9.41. The predicted molar refractivity (Wildman–Crippen MR) is 94.2 cm³/mol. The molecule has 1 atom stereocenters. The highest BCUT2D eigenvalue weighted by Gasteiger charge is 2.95. The Bertz CT molecular complexity index is 986. The van der Waals surface area contributed by atoms with Crippen molar-refractivity contribution in [2.45, 2.75) is 65.4 Å². The second-order valence-corrected chi connectivity index (χ2v) is 8.91. The molecule has 0 heterocycles. The van der Waals surface area contributed by atoms with Gasteiger partial charge in [0, 0.05) is 28.4 Å². The van der Waals surface area contributed by atoms with E-state index in [0.717, 1.165) is 12.1 Å². The van der Waals surface area contributed by atoms with E-state index in [4.69, 9.17) is 4.74 Å². The number of rotatable bonds is 12. The summed E-state index contributed by atoms with van der Waals surface area (Å²) in [7, 11) is -1.47. The number of ether oxygens (including phenoxy) is 1. The average molecular weight is 617 g/mol. The minimum atomic E-state index is -8.64. The molecule has 1 unspecified atom stereocenters. The largest absolute Gasteiger partial charge is 0.494 e. The molecule has 0 spiro atoms. The molecule has 0 aliphatic rings. The van der Waals surface area contributed by atoms with Gasteiger partial charge in [-0.1, -0.05) is 0 Å². The van der Waals surface area contributed by atoms with Gasteiger partial charge >= 0.3 is 47.6 Å². The molecular formula is C18H13F17O2S. The minimum Gasteiger partial charge on any atom is -0.494 e. The van der Waals surface area contributed by atoms with Crippen LogP contribution in [0.1, 0.15) is 12.8 Å². The highest BCUT2D eigenvalue weighted by Crippen LogP contribution is 2.64. The Balaban J connectivity index is 3.18. The third-order valence-electron chi connectivity index (χ3n) is 4.85. The van der Waals surface area contributed by atoms with Crippen LogP contribution in [0, 0.1) is 0 Å². The van der Waals surface area contributed by atoms with Crippen molar-refractivity contribution in [3.8, 4) is 5.75 Å². The second kappa shape index (κ2) is 10.2. The normalized spacial score (nSPS) is 15.9. The Hall–Kier alpha value is -2.02. The number of hydrogen-bond acceptors (Lipinski definition) is 2. The molecule has 0 aromatic heterocycles. The summed E-state index contributed by atoms with van der Waals surface area (Å²) in [5, 5.41) is 0. The maximum absolute atomic E-state index is 13.8. The summed E-state index contributed by atoms with van der Waals surface area (Å²) in [6, 6.07) is 4.54. The highest BCUT2D eigenvalue weighted by molar-refractivity contribution is 7.84. The topological polar surface area (TPSA) is 26.3 Å². The molecule has 0 saturated carbocycles. The van der Waals surface area contributed by atoms with Crippen molar-refractivity contribution in [3.05, 3.63) is 24.3 Å². The molecule has 222 valence electrons. The third kappa shape index (κ3) is 5.37. The van der Waals surface area contributed by atoms with E-state index in [1.165, 1.54) is 18.4 Å². The summed E-state index contributed by atoms with van der Waals surface area (Å²) >= 11 is 0. The predicted octanol–water partition coefficient (Wildman–Crippen LogP) is 7.59. The number of halogens is 17. The van der Waals surface area contributed by atoms with E-state index < -0.39 is 77.9 Å². The van der Waals surface area contributed by atoms with Gasteiger partial charge in [0.05, 0.1) is 6.61 Å². The van der Waals surface area contributed by atoms with Gasteiger partial charge < -0.3 is 4.74 Å². The first-order chi connectivity index (χ1) is 16.6. The van der Waals surface area contributed by atoms with Gasteiger partial charge in [0.1, 0.15) is 5.75 Å². The van der Waals surface area contributed by atoms with Crippen molar-refractivity contribution in [3.63, 3.8) is 0 Å². The smallest absolute Gasteiger partial charge is 0.460 e. The lowest BCUT2D eigenvalue weighted by atomic mass is 9.88. The molecule has 2 nitrogen and oxygen atoms in total. The van der Waals surface area contributed by atoms with Crippen LogP contribution < -0.4 is 4.74 Å². The van der Waals surface area contributed by atoms with Crippen molar-refractivity contribution in [2.24, 2.45) is 0 Å². The monoisotopic (exact) mass is 617 g/mol. The van der Waals surface area contributed by atoms with Gasteiger partial charge in [-0.05, 0) is 30.7 Å². The van der Waals surface area contributed by atoms with Crippen LogP contribution in [-0.2, 0) is 10.8 Å². The van der Waals surface area contributed by atoms with Gasteiger partial charge in [-0.15, -0.1) is 0 Å². The van der Waals surface area contributed by atoms with E-state index in [1.807, 2.05) is 0 Å². The maximum atomic E-state index is 13.8. The Morgan fingerprint density at radius 3 is 1.34 bits per heavy atom. The second-order valence-electron chi connectivity index (χ2n) is 7.53. The zero-order valence-electron chi connectivity index (χ0n) is 18.1. The molecule has 0 bridgehead atoms. The number of alkyl halides is 17. The molecule has 38 heavy (non-hydrogen) atoms. The maximum Gasteiger partial charge on any atom is 0.460 e. The van der Waals surface area contributed by atoms with Crippen LogP contribution in [0.15, 0.2) is 29.2 Å². The van der Waals surface area contributed by atoms with Gasteiger partial charge in [-0.2, -0.15) is 74.6 Å². The lowest BCUT2D eigenvalue weighted by Gasteiger charge is -2.42. The van der Waals surface area contributed by atoms with Gasteiger partial charge in [0.2, 0.25) is 0 Å². The molecule has 0 saturated heterocycles. The summed E-state index contributed by atoms with van der Waals surface area (Å²) in [6.07, 6.45) is -10.5. The van der Waals surface area contributed by atoms with Crippen molar-refractivity contribution in [1.82, 2.24) is 0 Å².